The summed E-state index contributed by atoms with van der Waals surface area (Å²) < 4.78 is 6.77. The number of piperidine rings is 2. The molecule has 0 amide bonds. The molecule has 2 aromatic rings. The van der Waals surface area contributed by atoms with Crippen molar-refractivity contribution >= 4 is 40.0 Å². The molecule has 0 N–H and O–H groups in total. The molecule has 2 saturated heterocycles. The van der Waals surface area contributed by atoms with E-state index in [9.17, 15) is 0 Å². The highest BCUT2D eigenvalue weighted by Crippen LogP contribution is 2.27. The van der Waals surface area contributed by atoms with Crippen LogP contribution in [0.4, 0.5) is 17.8 Å². The van der Waals surface area contributed by atoms with Gasteiger partial charge in [0.1, 0.15) is 5.75 Å². The molecule has 2 aliphatic rings. The van der Waals surface area contributed by atoms with Gasteiger partial charge in [-0.05, 0) is 84.1 Å². The second-order valence-electron chi connectivity index (χ2n) is 9.49. The van der Waals surface area contributed by atoms with Gasteiger partial charge in [-0.1, -0.05) is 13.8 Å². The lowest BCUT2D eigenvalue weighted by atomic mass is 10.1. The smallest absolute Gasteiger partial charge is 0.252 e. The SMILES string of the molecule is CC(C)COc1ccc(/C=N\N(C)c2nc(N3CCCCC3)nc(N3CCCCC3)n2)cc1Br. The van der Waals surface area contributed by atoms with Gasteiger partial charge in [-0.2, -0.15) is 20.1 Å². The third-order valence-electron chi connectivity index (χ3n) is 6.08. The van der Waals surface area contributed by atoms with Crippen LogP contribution in [0, 0.1) is 5.92 Å². The van der Waals surface area contributed by atoms with Crippen LogP contribution < -0.4 is 19.5 Å². The van der Waals surface area contributed by atoms with Gasteiger partial charge in [0.05, 0.1) is 17.3 Å². The largest absolute Gasteiger partial charge is 0.492 e. The number of nitrogens with zero attached hydrogens (tertiary/aromatic N) is 7. The number of aromatic nitrogens is 3. The van der Waals surface area contributed by atoms with Crippen molar-refractivity contribution in [1.29, 1.82) is 0 Å². The standard InChI is InChI=1S/C25H36BrN7O/c1-19(2)18-34-22-11-10-20(16-21(22)26)17-27-31(3)23-28-24(32-12-6-4-7-13-32)30-25(29-23)33-14-8-5-9-15-33/h10-11,16-17,19H,4-9,12-15,18H2,1-3H3/b27-17-. The first kappa shape index (κ1) is 24.7. The molecule has 0 radical (unpaired) electrons. The number of benzene rings is 1. The molecule has 184 valence electrons. The van der Waals surface area contributed by atoms with E-state index in [0.29, 0.717) is 18.5 Å². The zero-order valence-corrected chi connectivity index (χ0v) is 22.2. The maximum atomic E-state index is 5.85. The van der Waals surface area contributed by atoms with Crippen LogP contribution in [0.5, 0.6) is 5.75 Å². The fourth-order valence-electron chi connectivity index (χ4n) is 4.13. The monoisotopic (exact) mass is 529 g/mol. The summed E-state index contributed by atoms with van der Waals surface area (Å²) in [5, 5.41) is 6.37. The van der Waals surface area contributed by atoms with Crippen LogP contribution in [0.1, 0.15) is 57.9 Å². The van der Waals surface area contributed by atoms with Crippen LogP contribution in [0.3, 0.4) is 0 Å². The topological polar surface area (TPSA) is 70.0 Å². The summed E-state index contributed by atoms with van der Waals surface area (Å²) in [6, 6.07) is 5.99. The van der Waals surface area contributed by atoms with Gasteiger partial charge in [0.25, 0.3) is 5.95 Å². The van der Waals surface area contributed by atoms with E-state index in [-0.39, 0.29) is 0 Å². The molecule has 0 aliphatic carbocycles. The molecule has 0 spiro atoms. The van der Waals surface area contributed by atoms with Gasteiger partial charge < -0.3 is 14.5 Å². The van der Waals surface area contributed by atoms with Crippen LogP contribution in [0.25, 0.3) is 0 Å². The van der Waals surface area contributed by atoms with E-state index in [4.69, 9.17) is 19.7 Å². The summed E-state index contributed by atoms with van der Waals surface area (Å²) in [4.78, 5) is 19.0. The second-order valence-corrected chi connectivity index (χ2v) is 10.3. The maximum Gasteiger partial charge on any atom is 0.252 e. The molecule has 2 aliphatic heterocycles. The van der Waals surface area contributed by atoms with Crippen LogP contribution in [-0.4, -0.2) is 61.0 Å². The normalized spacial score (nSPS) is 17.0. The fourth-order valence-corrected chi connectivity index (χ4v) is 4.65. The van der Waals surface area contributed by atoms with E-state index in [2.05, 4.69) is 44.7 Å². The lowest BCUT2D eigenvalue weighted by Gasteiger charge is -2.30. The van der Waals surface area contributed by atoms with E-state index < -0.39 is 0 Å². The number of anilines is 3. The number of ether oxygens (including phenoxy) is 1. The minimum atomic E-state index is 0.479. The summed E-state index contributed by atoms with van der Waals surface area (Å²) in [5.41, 5.74) is 0.970. The van der Waals surface area contributed by atoms with Crippen molar-refractivity contribution in [2.75, 3.05) is 54.6 Å². The maximum absolute atomic E-state index is 5.85. The Kier molecular flexibility index (Phi) is 8.59. The van der Waals surface area contributed by atoms with E-state index in [1.807, 2.05) is 31.5 Å². The molecule has 1 aromatic carbocycles. The zero-order valence-electron chi connectivity index (χ0n) is 20.6. The van der Waals surface area contributed by atoms with E-state index in [1.165, 1.54) is 38.5 Å². The third-order valence-corrected chi connectivity index (χ3v) is 6.70. The Morgan fingerprint density at radius 2 is 1.56 bits per heavy atom. The Balaban J connectivity index is 1.53. The molecule has 3 heterocycles. The molecule has 0 bridgehead atoms. The molecule has 34 heavy (non-hydrogen) atoms. The quantitative estimate of drug-likeness (QED) is 0.347. The van der Waals surface area contributed by atoms with Crippen molar-refractivity contribution in [2.24, 2.45) is 11.0 Å². The molecule has 0 saturated carbocycles. The molecule has 4 rings (SSSR count). The number of hydrogen-bond donors (Lipinski definition) is 0. The Labute approximate surface area is 211 Å². The van der Waals surface area contributed by atoms with Crippen molar-refractivity contribution in [1.82, 2.24) is 15.0 Å². The Morgan fingerprint density at radius 1 is 0.971 bits per heavy atom. The fraction of sp³-hybridized carbons (Fsp3) is 0.600. The van der Waals surface area contributed by atoms with Crippen LogP contribution in [0.2, 0.25) is 0 Å². The van der Waals surface area contributed by atoms with Gasteiger partial charge in [-0.25, -0.2) is 5.01 Å². The van der Waals surface area contributed by atoms with Crippen LogP contribution in [0.15, 0.2) is 27.8 Å². The molecular formula is C25H36BrN7O. The first-order valence-electron chi connectivity index (χ1n) is 12.5. The predicted molar refractivity (Wildman–Crippen MR) is 142 cm³/mol. The van der Waals surface area contributed by atoms with Crippen LogP contribution in [-0.2, 0) is 0 Å². The zero-order chi connectivity index (χ0) is 23.9. The highest BCUT2D eigenvalue weighted by molar-refractivity contribution is 9.10. The third kappa shape index (κ3) is 6.58. The Bertz CT molecular complexity index is 935. The van der Waals surface area contributed by atoms with E-state index >= 15 is 0 Å². The Morgan fingerprint density at radius 3 is 2.09 bits per heavy atom. The lowest BCUT2D eigenvalue weighted by Crippen LogP contribution is -2.35. The summed E-state index contributed by atoms with van der Waals surface area (Å²) in [5.74, 6) is 3.42. The van der Waals surface area contributed by atoms with Crippen molar-refractivity contribution in [2.45, 2.75) is 52.4 Å². The molecular weight excluding hydrogens is 494 g/mol. The number of halogens is 1. The highest BCUT2D eigenvalue weighted by Gasteiger charge is 2.21. The van der Waals surface area contributed by atoms with Gasteiger partial charge in [0.2, 0.25) is 11.9 Å². The number of rotatable bonds is 8. The molecule has 1 aromatic heterocycles. The van der Waals surface area contributed by atoms with Crippen molar-refractivity contribution in [3.63, 3.8) is 0 Å². The summed E-state index contributed by atoms with van der Waals surface area (Å²) >= 11 is 3.61. The first-order chi connectivity index (χ1) is 16.5. The summed E-state index contributed by atoms with van der Waals surface area (Å²) in [6.45, 7) is 8.94. The predicted octanol–water partition coefficient (Wildman–Crippen LogP) is 5.12. The lowest BCUT2D eigenvalue weighted by molar-refractivity contribution is 0.269. The van der Waals surface area contributed by atoms with Gasteiger partial charge in [-0.3, -0.25) is 0 Å². The van der Waals surface area contributed by atoms with Crippen molar-refractivity contribution < 1.29 is 4.74 Å². The summed E-state index contributed by atoms with van der Waals surface area (Å²) in [7, 11) is 1.89. The number of hydrazone groups is 1. The first-order valence-corrected chi connectivity index (χ1v) is 13.2. The molecule has 0 unspecified atom stereocenters. The second kappa shape index (κ2) is 11.8. The van der Waals surface area contributed by atoms with Crippen molar-refractivity contribution in [3.8, 4) is 5.75 Å². The van der Waals surface area contributed by atoms with Gasteiger partial charge in [0, 0.05) is 33.2 Å². The van der Waals surface area contributed by atoms with Gasteiger partial charge >= 0.3 is 0 Å². The minimum Gasteiger partial charge on any atom is -0.492 e. The van der Waals surface area contributed by atoms with E-state index in [1.54, 1.807) is 5.01 Å². The van der Waals surface area contributed by atoms with Gasteiger partial charge in [0.15, 0.2) is 0 Å². The van der Waals surface area contributed by atoms with Gasteiger partial charge in [-0.15, -0.1) is 0 Å². The molecule has 8 nitrogen and oxygen atoms in total. The Hall–Kier alpha value is -2.42. The molecule has 2 fully saturated rings. The summed E-state index contributed by atoms with van der Waals surface area (Å²) in [6.07, 6.45) is 9.09. The van der Waals surface area contributed by atoms with Crippen molar-refractivity contribution in [3.05, 3.63) is 28.2 Å². The van der Waals surface area contributed by atoms with E-state index in [0.717, 1.165) is 53.9 Å². The average molecular weight is 531 g/mol. The van der Waals surface area contributed by atoms with Crippen LogP contribution >= 0.6 is 15.9 Å². The minimum absolute atomic E-state index is 0.479. The molecule has 0 atom stereocenters. The molecule has 9 heteroatoms. The average Bonchev–Trinajstić information content (AvgIpc) is 2.87. The highest BCUT2D eigenvalue weighted by atomic mass is 79.9. The number of hydrogen-bond acceptors (Lipinski definition) is 8.